The van der Waals surface area contributed by atoms with E-state index in [1.54, 1.807) is 0 Å². The van der Waals surface area contributed by atoms with Crippen molar-refractivity contribution in [2.24, 2.45) is 0 Å². The Hall–Kier alpha value is -1.15. The van der Waals surface area contributed by atoms with Gasteiger partial charge in [0.25, 0.3) is 0 Å². The first-order chi connectivity index (χ1) is 8.58. The van der Waals surface area contributed by atoms with E-state index in [0.29, 0.717) is 5.69 Å². The van der Waals surface area contributed by atoms with Crippen molar-refractivity contribution in [3.63, 3.8) is 0 Å². The van der Waals surface area contributed by atoms with Gasteiger partial charge in [0.05, 0.1) is 17.4 Å². The van der Waals surface area contributed by atoms with Crippen molar-refractivity contribution < 1.29 is 9.90 Å². The summed E-state index contributed by atoms with van der Waals surface area (Å²) in [6, 6.07) is 7.16. The van der Waals surface area contributed by atoms with Gasteiger partial charge in [0.1, 0.15) is 0 Å². The van der Waals surface area contributed by atoms with Crippen molar-refractivity contribution in [3.8, 4) is 0 Å². The van der Waals surface area contributed by atoms with E-state index >= 15 is 0 Å². The SMILES string of the molecule is O=C(O)c1ccncc1Nc1ccc(Br)c(I)c1. The second kappa shape index (κ2) is 5.66. The molecule has 0 unspecified atom stereocenters. The van der Waals surface area contributed by atoms with Crippen LogP contribution in [0.1, 0.15) is 10.4 Å². The molecule has 0 atom stereocenters. The summed E-state index contributed by atoms with van der Waals surface area (Å²) in [6.45, 7) is 0. The Labute approximate surface area is 126 Å². The maximum Gasteiger partial charge on any atom is 0.337 e. The predicted octanol–water partition coefficient (Wildman–Crippen LogP) is 3.89. The Balaban J connectivity index is 2.34. The number of nitrogens with zero attached hydrogens (tertiary/aromatic N) is 1. The summed E-state index contributed by atoms with van der Waals surface area (Å²) in [5.74, 6) is -0.980. The van der Waals surface area contributed by atoms with Gasteiger partial charge in [-0.15, -0.1) is 0 Å². The van der Waals surface area contributed by atoms with E-state index in [4.69, 9.17) is 5.11 Å². The van der Waals surface area contributed by atoms with Gasteiger partial charge in [-0.05, 0) is 62.8 Å². The molecule has 0 spiro atoms. The van der Waals surface area contributed by atoms with Crippen LogP contribution in [0.4, 0.5) is 11.4 Å². The number of aromatic carboxylic acids is 1. The highest BCUT2D eigenvalue weighted by molar-refractivity contribution is 14.1. The Morgan fingerprint density at radius 3 is 2.83 bits per heavy atom. The van der Waals surface area contributed by atoms with Gasteiger partial charge >= 0.3 is 5.97 Å². The molecule has 0 aliphatic rings. The molecule has 6 heteroatoms. The second-order valence-electron chi connectivity index (χ2n) is 3.48. The number of carboxylic acid groups (broad SMARTS) is 1. The van der Waals surface area contributed by atoms with Gasteiger partial charge in [-0.3, -0.25) is 4.98 Å². The summed E-state index contributed by atoms with van der Waals surface area (Å²) in [5.41, 5.74) is 1.49. The summed E-state index contributed by atoms with van der Waals surface area (Å²) in [7, 11) is 0. The zero-order chi connectivity index (χ0) is 13.1. The molecule has 18 heavy (non-hydrogen) atoms. The standard InChI is InChI=1S/C12H8BrIN2O2/c13-9-2-1-7(5-10(9)14)16-11-6-15-4-3-8(11)12(17)18/h1-6,16H,(H,17,18). The number of halogens is 2. The minimum atomic E-state index is -0.980. The molecule has 0 fully saturated rings. The molecule has 4 nitrogen and oxygen atoms in total. The Kier molecular flexibility index (Phi) is 4.18. The van der Waals surface area contributed by atoms with E-state index in [1.807, 2.05) is 18.2 Å². The lowest BCUT2D eigenvalue weighted by atomic mass is 10.2. The largest absolute Gasteiger partial charge is 0.478 e. The number of hydrogen-bond donors (Lipinski definition) is 2. The lowest BCUT2D eigenvalue weighted by molar-refractivity contribution is 0.0698. The molecule has 1 aromatic carbocycles. The Morgan fingerprint density at radius 2 is 2.17 bits per heavy atom. The van der Waals surface area contributed by atoms with E-state index in [1.165, 1.54) is 18.5 Å². The van der Waals surface area contributed by atoms with Crippen molar-refractivity contribution in [2.45, 2.75) is 0 Å². The molecule has 0 aliphatic carbocycles. The summed E-state index contributed by atoms with van der Waals surface area (Å²) < 4.78 is 2.04. The molecule has 92 valence electrons. The molecule has 0 saturated carbocycles. The lowest BCUT2D eigenvalue weighted by Crippen LogP contribution is -2.03. The average Bonchev–Trinajstić information content (AvgIpc) is 2.34. The number of carboxylic acids is 1. The normalized spacial score (nSPS) is 10.1. The highest BCUT2D eigenvalue weighted by atomic mass is 127. The highest BCUT2D eigenvalue weighted by Gasteiger charge is 2.10. The number of anilines is 2. The highest BCUT2D eigenvalue weighted by Crippen LogP contribution is 2.25. The van der Waals surface area contributed by atoms with E-state index < -0.39 is 5.97 Å². The number of aromatic nitrogens is 1. The molecule has 0 bridgehead atoms. The third kappa shape index (κ3) is 2.99. The van der Waals surface area contributed by atoms with Crippen LogP contribution in [-0.4, -0.2) is 16.1 Å². The van der Waals surface area contributed by atoms with Gasteiger partial charge in [-0.2, -0.15) is 0 Å². The molecule has 2 rings (SSSR count). The zero-order valence-corrected chi connectivity index (χ0v) is 12.8. The van der Waals surface area contributed by atoms with Crippen LogP contribution in [0.2, 0.25) is 0 Å². The van der Waals surface area contributed by atoms with Crippen LogP contribution in [0.15, 0.2) is 41.1 Å². The smallest absolute Gasteiger partial charge is 0.337 e. The summed E-state index contributed by atoms with van der Waals surface area (Å²) in [4.78, 5) is 15.0. The van der Waals surface area contributed by atoms with Crippen molar-refractivity contribution in [1.82, 2.24) is 4.98 Å². The first kappa shape index (κ1) is 13.3. The second-order valence-corrected chi connectivity index (χ2v) is 5.50. The van der Waals surface area contributed by atoms with Gasteiger partial charge < -0.3 is 10.4 Å². The number of pyridine rings is 1. The molecule has 2 aromatic rings. The van der Waals surface area contributed by atoms with Crippen LogP contribution in [0.5, 0.6) is 0 Å². The Bertz CT molecular complexity index is 604. The minimum absolute atomic E-state index is 0.197. The maximum absolute atomic E-state index is 11.1. The molecule has 1 aromatic heterocycles. The quantitative estimate of drug-likeness (QED) is 0.742. The first-order valence-corrected chi connectivity index (χ1v) is 6.84. The predicted molar refractivity (Wildman–Crippen MR) is 81.3 cm³/mol. The molecular formula is C12H8BrIN2O2. The van der Waals surface area contributed by atoms with E-state index in [2.05, 4.69) is 48.8 Å². The van der Waals surface area contributed by atoms with Crippen molar-refractivity contribution in [1.29, 1.82) is 0 Å². The molecule has 0 radical (unpaired) electrons. The Morgan fingerprint density at radius 1 is 1.39 bits per heavy atom. The number of benzene rings is 1. The number of rotatable bonds is 3. The van der Waals surface area contributed by atoms with Gasteiger partial charge in [-0.1, -0.05) is 0 Å². The minimum Gasteiger partial charge on any atom is -0.478 e. The van der Waals surface area contributed by atoms with E-state index in [9.17, 15) is 4.79 Å². The average molecular weight is 419 g/mol. The molecule has 0 amide bonds. The van der Waals surface area contributed by atoms with Crippen LogP contribution in [0.3, 0.4) is 0 Å². The molecular weight excluding hydrogens is 411 g/mol. The molecule has 1 heterocycles. The van der Waals surface area contributed by atoms with Gasteiger partial charge in [0.15, 0.2) is 0 Å². The fourth-order valence-corrected chi connectivity index (χ4v) is 2.17. The zero-order valence-electron chi connectivity index (χ0n) is 9.02. The van der Waals surface area contributed by atoms with Crippen LogP contribution >= 0.6 is 38.5 Å². The van der Waals surface area contributed by atoms with Crippen LogP contribution in [-0.2, 0) is 0 Å². The topological polar surface area (TPSA) is 62.2 Å². The fourth-order valence-electron chi connectivity index (χ4n) is 1.41. The summed E-state index contributed by atoms with van der Waals surface area (Å²) in [5, 5.41) is 12.1. The van der Waals surface area contributed by atoms with Crippen molar-refractivity contribution in [3.05, 3.63) is 50.3 Å². The van der Waals surface area contributed by atoms with E-state index in [-0.39, 0.29) is 5.56 Å². The molecule has 0 saturated heterocycles. The van der Waals surface area contributed by atoms with Gasteiger partial charge in [0, 0.05) is 19.9 Å². The summed E-state index contributed by atoms with van der Waals surface area (Å²) in [6.07, 6.45) is 2.96. The van der Waals surface area contributed by atoms with Crippen LogP contribution in [0, 0.1) is 3.57 Å². The summed E-state index contributed by atoms with van der Waals surface area (Å²) >= 11 is 5.61. The van der Waals surface area contributed by atoms with Gasteiger partial charge in [0.2, 0.25) is 0 Å². The van der Waals surface area contributed by atoms with Crippen molar-refractivity contribution in [2.75, 3.05) is 5.32 Å². The number of nitrogens with one attached hydrogen (secondary N) is 1. The van der Waals surface area contributed by atoms with E-state index in [0.717, 1.165) is 13.7 Å². The van der Waals surface area contributed by atoms with Gasteiger partial charge in [-0.25, -0.2) is 4.79 Å². The molecule has 2 N–H and O–H groups in total. The lowest BCUT2D eigenvalue weighted by Gasteiger charge is -2.09. The number of hydrogen-bond acceptors (Lipinski definition) is 3. The molecule has 0 aliphatic heterocycles. The van der Waals surface area contributed by atoms with Crippen LogP contribution < -0.4 is 5.32 Å². The third-order valence-corrected chi connectivity index (χ3v) is 4.58. The number of carbonyl (C=O) groups is 1. The maximum atomic E-state index is 11.1. The first-order valence-electron chi connectivity index (χ1n) is 4.97. The monoisotopic (exact) mass is 418 g/mol. The third-order valence-electron chi connectivity index (χ3n) is 2.25. The fraction of sp³-hybridized carbons (Fsp3) is 0. The van der Waals surface area contributed by atoms with Crippen LogP contribution in [0.25, 0.3) is 0 Å². The van der Waals surface area contributed by atoms with Crippen molar-refractivity contribution >= 4 is 55.9 Å².